The highest BCUT2D eigenvalue weighted by atomic mass is 35.5. The van der Waals surface area contributed by atoms with Gasteiger partial charge in [-0.3, -0.25) is 9.78 Å². The maximum Gasteiger partial charge on any atom is 0.342 e. The van der Waals surface area contributed by atoms with Crippen LogP contribution in [0.1, 0.15) is 23.1 Å². The maximum absolute atomic E-state index is 12.7. The predicted molar refractivity (Wildman–Crippen MR) is 88.9 cm³/mol. The lowest BCUT2D eigenvalue weighted by Gasteiger charge is -2.11. The normalized spacial score (nSPS) is 11.6. The van der Waals surface area contributed by atoms with Crippen molar-refractivity contribution in [2.24, 2.45) is 0 Å². The van der Waals surface area contributed by atoms with Gasteiger partial charge in [-0.25, -0.2) is 13.2 Å². The number of nitrogens with zero attached hydrogens (tertiary/aromatic N) is 1. The van der Waals surface area contributed by atoms with E-state index in [1.54, 1.807) is 12.1 Å². The van der Waals surface area contributed by atoms with Crippen LogP contribution in [-0.2, 0) is 16.4 Å². The molecular formula is C15H17ClN2O4S. The first-order valence-corrected chi connectivity index (χ1v) is 8.98. The molecule has 0 saturated heterocycles. The minimum Gasteiger partial charge on any atom is -0.273 e. The molecule has 0 unspecified atom stereocenters. The second-order valence-corrected chi connectivity index (χ2v) is 7.45. The summed E-state index contributed by atoms with van der Waals surface area (Å²) in [4.78, 5) is 25.2. The summed E-state index contributed by atoms with van der Waals surface area (Å²) >= 11 is 5.68. The summed E-state index contributed by atoms with van der Waals surface area (Å²) in [5.74, 6) is 0.481. The van der Waals surface area contributed by atoms with Crippen molar-refractivity contribution in [3.63, 3.8) is 0 Å². The monoisotopic (exact) mass is 356 g/mol. The van der Waals surface area contributed by atoms with Crippen LogP contribution >= 0.6 is 11.6 Å². The summed E-state index contributed by atoms with van der Waals surface area (Å²) in [6.07, 6.45) is 2.41. The van der Waals surface area contributed by atoms with E-state index in [4.69, 9.17) is 11.6 Å². The van der Waals surface area contributed by atoms with Crippen LogP contribution in [0.4, 0.5) is 0 Å². The molecule has 2 aromatic rings. The summed E-state index contributed by atoms with van der Waals surface area (Å²) in [5.41, 5.74) is 0.374. The number of alkyl halides is 1. The number of aromatic amines is 1. The van der Waals surface area contributed by atoms with Gasteiger partial charge in [-0.2, -0.15) is 3.97 Å². The van der Waals surface area contributed by atoms with Gasteiger partial charge in [0.2, 0.25) is 0 Å². The zero-order valence-electron chi connectivity index (χ0n) is 12.8. The largest absolute Gasteiger partial charge is 0.342 e. The number of aromatic nitrogens is 2. The van der Waals surface area contributed by atoms with E-state index in [2.05, 4.69) is 0 Å². The van der Waals surface area contributed by atoms with Crippen molar-refractivity contribution in [2.45, 2.75) is 31.6 Å². The quantitative estimate of drug-likeness (QED) is 0.823. The molecule has 0 saturated carbocycles. The first kappa shape index (κ1) is 17.5. The number of halogens is 1. The smallest absolute Gasteiger partial charge is 0.273 e. The Bertz CT molecular complexity index is 945. The van der Waals surface area contributed by atoms with Gasteiger partial charge in [0.15, 0.2) is 0 Å². The molecule has 2 rings (SSSR count). The van der Waals surface area contributed by atoms with Crippen LogP contribution in [0.3, 0.4) is 0 Å². The maximum atomic E-state index is 12.7. The third-order valence-corrected chi connectivity index (χ3v) is 5.45. The molecule has 0 aliphatic carbocycles. The number of rotatable bonds is 5. The number of H-pyrrole nitrogens is 1. The van der Waals surface area contributed by atoms with Gasteiger partial charge in [-0.05, 0) is 49.9 Å². The molecule has 0 bridgehead atoms. The standard InChI is InChI=1S/C15H17ClN2O4S/c1-10-5-6-13(8-12(10)4-3-7-16)23(21,22)18-9-11(2)14(19)17-15(18)20/h5-6,8-9H,3-4,7H2,1-2H3,(H,17,19,20). The molecule has 0 spiro atoms. The Kier molecular flexibility index (Phi) is 5.11. The third kappa shape index (κ3) is 3.56. The van der Waals surface area contributed by atoms with Crippen LogP contribution in [0.25, 0.3) is 0 Å². The van der Waals surface area contributed by atoms with Crippen LogP contribution in [0.2, 0.25) is 0 Å². The molecule has 0 aliphatic rings. The summed E-state index contributed by atoms with van der Waals surface area (Å²) in [6.45, 7) is 3.32. The van der Waals surface area contributed by atoms with E-state index in [9.17, 15) is 18.0 Å². The number of aryl methyl sites for hydroxylation is 3. The van der Waals surface area contributed by atoms with Gasteiger partial charge in [0.25, 0.3) is 15.6 Å². The van der Waals surface area contributed by atoms with E-state index in [0.29, 0.717) is 16.3 Å². The molecule has 6 nitrogen and oxygen atoms in total. The number of hydrogen-bond donors (Lipinski definition) is 1. The van der Waals surface area contributed by atoms with Crippen LogP contribution in [-0.4, -0.2) is 23.3 Å². The Morgan fingerprint density at radius 1 is 1.17 bits per heavy atom. The first-order chi connectivity index (χ1) is 10.8. The minimum atomic E-state index is -4.07. The zero-order valence-corrected chi connectivity index (χ0v) is 14.4. The molecule has 0 fully saturated rings. The topological polar surface area (TPSA) is 89.0 Å². The van der Waals surface area contributed by atoms with E-state index in [1.807, 2.05) is 11.9 Å². The van der Waals surface area contributed by atoms with Crippen molar-refractivity contribution in [3.05, 3.63) is 61.9 Å². The van der Waals surface area contributed by atoms with Crippen molar-refractivity contribution < 1.29 is 8.42 Å². The van der Waals surface area contributed by atoms with Gasteiger partial charge in [0.1, 0.15) is 0 Å². The lowest BCUT2D eigenvalue weighted by molar-refractivity contribution is 0.583. The summed E-state index contributed by atoms with van der Waals surface area (Å²) in [7, 11) is -4.07. The predicted octanol–water partition coefficient (Wildman–Crippen LogP) is 1.56. The molecule has 0 amide bonds. The van der Waals surface area contributed by atoms with Crippen molar-refractivity contribution in [1.29, 1.82) is 0 Å². The molecule has 124 valence electrons. The molecule has 1 N–H and O–H groups in total. The second kappa shape index (κ2) is 6.72. The van der Waals surface area contributed by atoms with Crippen LogP contribution in [0, 0.1) is 13.8 Å². The minimum absolute atomic E-state index is 0.00113. The average Bonchev–Trinajstić information content (AvgIpc) is 2.49. The van der Waals surface area contributed by atoms with Gasteiger partial charge < -0.3 is 0 Å². The molecule has 0 atom stereocenters. The molecule has 0 radical (unpaired) electrons. The Morgan fingerprint density at radius 3 is 2.52 bits per heavy atom. The fourth-order valence-electron chi connectivity index (χ4n) is 2.17. The first-order valence-electron chi connectivity index (χ1n) is 7.01. The van der Waals surface area contributed by atoms with Gasteiger partial charge in [0, 0.05) is 17.6 Å². The highest BCUT2D eigenvalue weighted by molar-refractivity contribution is 7.90. The van der Waals surface area contributed by atoms with Gasteiger partial charge in [0.05, 0.1) is 4.90 Å². The van der Waals surface area contributed by atoms with E-state index >= 15 is 0 Å². The number of nitrogens with one attached hydrogen (secondary N) is 1. The highest BCUT2D eigenvalue weighted by Crippen LogP contribution is 2.19. The van der Waals surface area contributed by atoms with E-state index in [1.165, 1.54) is 13.0 Å². The summed E-state index contributed by atoms with van der Waals surface area (Å²) in [6, 6.07) is 4.69. The Hall–Kier alpha value is -1.86. The third-order valence-electron chi connectivity index (χ3n) is 3.55. The highest BCUT2D eigenvalue weighted by Gasteiger charge is 2.20. The molecule has 23 heavy (non-hydrogen) atoms. The molecule has 0 aliphatic heterocycles. The van der Waals surface area contributed by atoms with Crippen LogP contribution in [0.5, 0.6) is 0 Å². The van der Waals surface area contributed by atoms with Gasteiger partial charge in [-0.15, -0.1) is 11.6 Å². The van der Waals surface area contributed by atoms with E-state index in [0.717, 1.165) is 23.7 Å². The Labute approximate surface area is 138 Å². The lowest BCUT2D eigenvalue weighted by Crippen LogP contribution is -2.34. The number of benzene rings is 1. The van der Waals surface area contributed by atoms with Crippen LogP contribution in [0.15, 0.2) is 38.9 Å². The second-order valence-electron chi connectivity index (χ2n) is 5.25. The molecule has 1 aromatic heterocycles. The summed E-state index contributed by atoms with van der Waals surface area (Å²) < 4.78 is 25.9. The SMILES string of the molecule is Cc1ccc(S(=O)(=O)n2cc(C)c(=O)[nH]c2=O)cc1CCCCl. The summed E-state index contributed by atoms with van der Waals surface area (Å²) in [5, 5.41) is 0. The molecule has 8 heteroatoms. The van der Waals surface area contributed by atoms with Crippen molar-refractivity contribution in [3.8, 4) is 0 Å². The van der Waals surface area contributed by atoms with Gasteiger partial charge in [-0.1, -0.05) is 6.07 Å². The van der Waals surface area contributed by atoms with E-state index < -0.39 is 21.3 Å². The van der Waals surface area contributed by atoms with Crippen LogP contribution < -0.4 is 11.2 Å². The van der Waals surface area contributed by atoms with Gasteiger partial charge >= 0.3 is 5.69 Å². The fourth-order valence-corrected chi connectivity index (χ4v) is 3.62. The lowest BCUT2D eigenvalue weighted by atomic mass is 10.0. The Balaban J connectivity index is 2.59. The molecule has 1 aromatic carbocycles. The molecular weight excluding hydrogens is 340 g/mol. The van der Waals surface area contributed by atoms with Crippen molar-refractivity contribution in [1.82, 2.24) is 8.96 Å². The van der Waals surface area contributed by atoms with Crippen molar-refractivity contribution in [2.75, 3.05) is 5.88 Å². The fraction of sp³-hybridized carbons (Fsp3) is 0.333. The average molecular weight is 357 g/mol. The number of hydrogen-bond acceptors (Lipinski definition) is 4. The molecule has 1 heterocycles. The Morgan fingerprint density at radius 2 is 1.87 bits per heavy atom. The van der Waals surface area contributed by atoms with E-state index in [-0.39, 0.29) is 10.5 Å². The zero-order chi connectivity index (χ0) is 17.2. The van der Waals surface area contributed by atoms with Crippen molar-refractivity contribution >= 4 is 21.6 Å².